The fraction of sp³-hybridized carbons (Fsp3) is 0.167. The summed E-state index contributed by atoms with van der Waals surface area (Å²) in [6.45, 7) is -0.436. The summed E-state index contributed by atoms with van der Waals surface area (Å²) >= 11 is 0.986. The number of rotatable bonds is 5. The molecule has 0 aliphatic rings. The summed E-state index contributed by atoms with van der Waals surface area (Å²) in [6.07, 6.45) is -0.230. The van der Waals surface area contributed by atoms with Gasteiger partial charge in [0.2, 0.25) is 0 Å². The van der Waals surface area contributed by atoms with Crippen molar-refractivity contribution >= 4 is 27.0 Å². The van der Waals surface area contributed by atoms with Crippen LogP contribution in [0.1, 0.15) is 5.56 Å². The van der Waals surface area contributed by atoms with Gasteiger partial charge in [0.15, 0.2) is 5.82 Å². The lowest BCUT2D eigenvalue weighted by Gasteiger charge is -2.11. The molecule has 8 heteroatoms. The van der Waals surface area contributed by atoms with Crippen LogP contribution in [0.15, 0.2) is 33.9 Å². The molecule has 0 bridgehead atoms. The molecule has 0 radical (unpaired) electrons. The molecular formula is C12H11F2NO3S2. The molecule has 1 aromatic heterocycles. The van der Waals surface area contributed by atoms with Crippen LogP contribution in [0.25, 0.3) is 0 Å². The standard InChI is InChI=1S/C12H11F2NO3S2/c13-9-3-4-10(12(14)8(9)5-6-16)15-20(17,18)11-2-1-7-19-11/h1-4,7,15-16H,5-6H2. The van der Waals surface area contributed by atoms with E-state index >= 15 is 0 Å². The first-order valence-electron chi connectivity index (χ1n) is 5.60. The number of aliphatic hydroxyl groups is 1. The molecule has 2 N–H and O–H groups in total. The molecular weight excluding hydrogens is 308 g/mol. The number of anilines is 1. The van der Waals surface area contributed by atoms with E-state index in [2.05, 4.69) is 4.72 Å². The molecule has 0 unspecified atom stereocenters. The van der Waals surface area contributed by atoms with E-state index in [0.717, 1.165) is 23.5 Å². The molecule has 0 spiro atoms. The van der Waals surface area contributed by atoms with Crippen LogP contribution >= 0.6 is 11.3 Å². The van der Waals surface area contributed by atoms with E-state index in [-0.39, 0.29) is 21.9 Å². The van der Waals surface area contributed by atoms with Gasteiger partial charge in [-0.15, -0.1) is 11.3 Å². The van der Waals surface area contributed by atoms with E-state index in [1.165, 1.54) is 6.07 Å². The van der Waals surface area contributed by atoms with Gasteiger partial charge in [0.25, 0.3) is 10.0 Å². The molecule has 4 nitrogen and oxygen atoms in total. The van der Waals surface area contributed by atoms with Crippen LogP contribution in [-0.2, 0) is 16.4 Å². The van der Waals surface area contributed by atoms with Crippen LogP contribution in [-0.4, -0.2) is 20.1 Å². The normalized spacial score (nSPS) is 11.6. The summed E-state index contributed by atoms with van der Waals surface area (Å²) in [7, 11) is -3.89. The smallest absolute Gasteiger partial charge is 0.271 e. The maximum atomic E-state index is 14.0. The molecule has 2 aromatic rings. The van der Waals surface area contributed by atoms with E-state index in [9.17, 15) is 17.2 Å². The van der Waals surface area contributed by atoms with Crippen LogP contribution in [0.4, 0.5) is 14.5 Å². The highest BCUT2D eigenvalue weighted by Gasteiger charge is 2.20. The summed E-state index contributed by atoms with van der Waals surface area (Å²) in [4.78, 5) is 0. The predicted molar refractivity (Wildman–Crippen MR) is 72.3 cm³/mol. The lowest BCUT2D eigenvalue weighted by molar-refractivity contribution is 0.295. The monoisotopic (exact) mass is 319 g/mol. The zero-order valence-electron chi connectivity index (χ0n) is 10.1. The third-order valence-corrected chi connectivity index (χ3v) is 5.32. The molecule has 1 aromatic carbocycles. The largest absolute Gasteiger partial charge is 0.396 e. The number of thiophene rings is 1. The highest BCUT2D eigenvalue weighted by Crippen LogP contribution is 2.25. The van der Waals surface area contributed by atoms with Crippen molar-refractivity contribution in [2.45, 2.75) is 10.6 Å². The fourth-order valence-electron chi connectivity index (χ4n) is 1.63. The second-order valence-electron chi connectivity index (χ2n) is 3.90. The minimum Gasteiger partial charge on any atom is -0.396 e. The Kier molecular flexibility index (Phi) is 4.36. The molecule has 20 heavy (non-hydrogen) atoms. The Hall–Kier alpha value is -1.51. The van der Waals surface area contributed by atoms with Gasteiger partial charge in [-0.2, -0.15) is 0 Å². The van der Waals surface area contributed by atoms with Gasteiger partial charge < -0.3 is 5.11 Å². The van der Waals surface area contributed by atoms with Gasteiger partial charge in [-0.1, -0.05) is 6.07 Å². The third-order valence-electron chi connectivity index (χ3n) is 2.55. The zero-order valence-corrected chi connectivity index (χ0v) is 11.8. The van der Waals surface area contributed by atoms with Crippen LogP contribution < -0.4 is 4.72 Å². The molecule has 0 fully saturated rings. The number of hydrogen-bond donors (Lipinski definition) is 2. The number of sulfonamides is 1. The van der Waals surface area contributed by atoms with Gasteiger partial charge in [-0.25, -0.2) is 17.2 Å². The van der Waals surface area contributed by atoms with Crippen LogP contribution in [0, 0.1) is 11.6 Å². The summed E-state index contributed by atoms with van der Waals surface area (Å²) in [5, 5.41) is 10.3. The third kappa shape index (κ3) is 2.97. The van der Waals surface area contributed by atoms with Crippen molar-refractivity contribution < 1.29 is 22.3 Å². The van der Waals surface area contributed by atoms with Gasteiger partial charge in [0.05, 0.1) is 5.69 Å². The predicted octanol–water partition coefficient (Wildman–Crippen LogP) is 2.36. The Morgan fingerprint density at radius 1 is 1.25 bits per heavy atom. The molecule has 0 saturated carbocycles. The van der Waals surface area contributed by atoms with E-state index in [1.807, 2.05) is 0 Å². The lowest BCUT2D eigenvalue weighted by atomic mass is 10.1. The van der Waals surface area contributed by atoms with Crippen molar-refractivity contribution in [3.63, 3.8) is 0 Å². The van der Waals surface area contributed by atoms with Crippen molar-refractivity contribution in [2.24, 2.45) is 0 Å². The maximum Gasteiger partial charge on any atom is 0.271 e. The number of benzene rings is 1. The van der Waals surface area contributed by atoms with Gasteiger partial charge in [0, 0.05) is 18.6 Å². The Morgan fingerprint density at radius 3 is 2.60 bits per heavy atom. The quantitative estimate of drug-likeness (QED) is 0.889. The van der Waals surface area contributed by atoms with E-state index < -0.39 is 28.3 Å². The topological polar surface area (TPSA) is 66.4 Å². The summed E-state index contributed by atoms with van der Waals surface area (Å²) in [5.41, 5.74) is -0.692. The van der Waals surface area contributed by atoms with Gasteiger partial charge in [0.1, 0.15) is 10.0 Å². The number of nitrogens with one attached hydrogen (secondary N) is 1. The SMILES string of the molecule is O=S(=O)(Nc1ccc(F)c(CCO)c1F)c1cccs1. The molecule has 0 aliphatic carbocycles. The number of hydrogen-bond acceptors (Lipinski definition) is 4. The van der Waals surface area contributed by atoms with Crippen molar-refractivity contribution in [2.75, 3.05) is 11.3 Å². The first-order chi connectivity index (χ1) is 9.45. The average molecular weight is 319 g/mol. The van der Waals surface area contributed by atoms with Crippen molar-refractivity contribution in [1.82, 2.24) is 0 Å². The van der Waals surface area contributed by atoms with Crippen LogP contribution in [0.2, 0.25) is 0 Å². The van der Waals surface area contributed by atoms with Crippen molar-refractivity contribution in [3.05, 3.63) is 46.8 Å². The Labute approximate surface area is 118 Å². The zero-order chi connectivity index (χ0) is 14.8. The van der Waals surface area contributed by atoms with Crippen molar-refractivity contribution in [1.29, 1.82) is 0 Å². The fourth-order valence-corrected chi connectivity index (χ4v) is 3.68. The van der Waals surface area contributed by atoms with Gasteiger partial charge >= 0.3 is 0 Å². The lowest BCUT2D eigenvalue weighted by Crippen LogP contribution is -2.14. The van der Waals surface area contributed by atoms with Gasteiger partial charge in [-0.05, 0) is 23.6 Å². The highest BCUT2D eigenvalue weighted by atomic mass is 32.2. The maximum absolute atomic E-state index is 14.0. The minimum atomic E-state index is -3.89. The number of aliphatic hydroxyl groups excluding tert-OH is 1. The molecule has 2 rings (SSSR count). The number of halogens is 2. The second-order valence-corrected chi connectivity index (χ2v) is 6.76. The molecule has 0 amide bonds. The van der Waals surface area contributed by atoms with E-state index in [1.54, 1.807) is 11.4 Å². The molecule has 108 valence electrons. The Bertz CT molecular complexity index is 700. The first-order valence-corrected chi connectivity index (χ1v) is 7.96. The van der Waals surface area contributed by atoms with Crippen molar-refractivity contribution in [3.8, 4) is 0 Å². The summed E-state index contributed by atoms with van der Waals surface area (Å²) in [6, 6.07) is 4.90. The first kappa shape index (κ1) is 14.9. The average Bonchev–Trinajstić information content (AvgIpc) is 2.93. The Morgan fingerprint density at radius 2 is 2.00 bits per heavy atom. The van der Waals surface area contributed by atoms with Crippen LogP contribution in [0.5, 0.6) is 0 Å². The highest BCUT2D eigenvalue weighted by molar-refractivity contribution is 7.94. The Balaban J connectivity index is 2.38. The van der Waals surface area contributed by atoms with Gasteiger partial charge in [-0.3, -0.25) is 4.72 Å². The van der Waals surface area contributed by atoms with Crippen LogP contribution in [0.3, 0.4) is 0 Å². The molecule has 0 atom stereocenters. The van der Waals surface area contributed by atoms with E-state index in [0.29, 0.717) is 0 Å². The minimum absolute atomic E-state index is 0.0323. The second kappa shape index (κ2) is 5.86. The summed E-state index contributed by atoms with van der Waals surface area (Å²) in [5.74, 6) is -1.84. The molecule has 0 saturated heterocycles. The molecule has 0 aliphatic heterocycles. The summed E-state index contributed by atoms with van der Waals surface area (Å²) < 4.78 is 53.4. The molecule has 1 heterocycles. The van der Waals surface area contributed by atoms with E-state index in [4.69, 9.17) is 5.11 Å².